The molecule has 2 saturated heterocycles. The van der Waals surface area contributed by atoms with Crippen molar-refractivity contribution in [2.75, 3.05) is 26.2 Å². The van der Waals surface area contributed by atoms with Gasteiger partial charge in [0.1, 0.15) is 0 Å². The molecule has 0 aromatic heterocycles. The molecule has 0 radical (unpaired) electrons. The highest BCUT2D eigenvalue weighted by atomic mass is 16.5. The first kappa shape index (κ1) is 15.3. The van der Waals surface area contributed by atoms with Crippen molar-refractivity contribution in [3.8, 4) is 0 Å². The van der Waals surface area contributed by atoms with Gasteiger partial charge in [-0.05, 0) is 31.6 Å². The molecule has 2 rings (SSSR count). The van der Waals surface area contributed by atoms with E-state index in [1.807, 2.05) is 0 Å². The van der Waals surface area contributed by atoms with Crippen molar-refractivity contribution in [1.29, 1.82) is 0 Å². The lowest BCUT2D eigenvalue weighted by Crippen LogP contribution is -2.59. The maximum Gasteiger partial charge on any atom is 0.0702 e. The van der Waals surface area contributed by atoms with Crippen LogP contribution >= 0.6 is 0 Å². The van der Waals surface area contributed by atoms with Gasteiger partial charge in [0.2, 0.25) is 0 Å². The standard InChI is InChI=1S/C16H32N2O/c1-4-7-14-11-18(16(10-17-14)13(2)3)12-15-8-5-6-9-19-15/h13-17H,4-12H2,1-3H3. The summed E-state index contributed by atoms with van der Waals surface area (Å²) in [5.74, 6) is 0.721. The molecule has 0 bridgehead atoms. The third-order valence-corrected chi connectivity index (χ3v) is 4.66. The Morgan fingerprint density at radius 3 is 2.79 bits per heavy atom. The predicted molar refractivity (Wildman–Crippen MR) is 80.5 cm³/mol. The lowest BCUT2D eigenvalue weighted by Gasteiger charge is -2.44. The Morgan fingerprint density at radius 2 is 2.16 bits per heavy atom. The van der Waals surface area contributed by atoms with E-state index in [9.17, 15) is 0 Å². The maximum atomic E-state index is 5.94. The van der Waals surface area contributed by atoms with Gasteiger partial charge in [-0.3, -0.25) is 4.90 Å². The monoisotopic (exact) mass is 268 g/mol. The topological polar surface area (TPSA) is 24.5 Å². The molecule has 2 aliphatic rings. The quantitative estimate of drug-likeness (QED) is 0.829. The molecular formula is C16H32N2O. The number of rotatable bonds is 5. The van der Waals surface area contributed by atoms with Gasteiger partial charge in [-0.2, -0.15) is 0 Å². The average Bonchev–Trinajstić information content (AvgIpc) is 2.40. The van der Waals surface area contributed by atoms with Gasteiger partial charge in [0.05, 0.1) is 6.10 Å². The van der Waals surface area contributed by atoms with Crippen LogP contribution in [-0.4, -0.2) is 49.3 Å². The van der Waals surface area contributed by atoms with E-state index in [0.717, 1.165) is 25.6 Å². The van der Waals surface area contributed by atoms with Crippen LogP contribution in [0.1, 0.15) is 52.9 Å². The van der Waals surface area contributed by atoms with Gasteiger partial charge in [0, 0.05) is 38.3 Å². The van der Waals surface area contributed by atoms with Crippen LogP contribution < -0.4 is 5.32 Å². The van der Waals surface area contributed by atoms with Gasteiger partial charge in [-0.15, -0.1) is 0 Å². The van der Waals surface area contributed by atoms with E-state index < -0.39 is 0 Å². The molecule has 1 N–H and O–H groups in total. The molecule has 0 aromatic rings. The minimum atomic E-state index is 0.482. The summed E-state index contributed by atoms with van der Waals surface area (Å²) >= 11 is 0. The van der Waals surface area contributed by atoms with Gasteiger partial charge < -0.3 is 10.1 Å². The number of piperazine rings is 1. The summed E-state index contributed by atoms with van der Waals surface area (Å²) in [5.41, 5.74) is 0. The molecule has 2 aliphatic heterocycles. The predicted octanol–water partition coefficient (Wildman–Crippen LogP) is 2.65. The van der Waals surface area contributed by atoms with Crippen molar-refractivity contribution in [3.63, 3.8) is 0 Å². The normalized spacial score (nSPS) is 33.8. The van der Waals surface area contributed by atoms with Crippen LogP contribution in [0.15, 0.2) is 0 Å². The van der Waals surface area contributed by atoms with Crippen LogP contribution in [0.3, 0.4) is 0 Å². The van der Waals surface area contributed by atoms with Crippen molar-refractivity contribution in [3.05, 3.63) is 0 Å². The molecule has 0 aliphatic carbocycles. The fourth-order valence-corrected chi connectivity index (χ4v) is 3.52. The minimum absolute atomic E-state index is 0.482. The second kappa shape index (κ2) is 7.61. The molecule has 3 nitrogen and oxygen atoms in total. The SMILES string of the molecule is CCCC1CN(CC2CCCCO2)C(C(C)C)CN1. The fraction of sp³-hybridized carbons (Fsp3) is 1.00. The molecule has 3 atom stereocenters. The Kier molecular flexibility index (Phi) is 6.11. The fourth-order valence-electron chi connectivity index (χ4n) is 3.52. The van der Waals surface area contributed by atoms with Crippen LogP contribution in [0.25, 0.3) is 0 Å². The van der Waals surface area contributed by atoms with E-state index in [0.29, 0.717) is 18.2 Å². The molecular weight excluding hydrogens is 236 g/mol. The highest BCUT2D eigenvalue weighted by Gasteiger charge is 2.31. The van der Waals surface area contributed by atoms with Crippen molar-refractivity contribution in [2.45, 2.75) is 71.1 Å². The molecule has 0 aromatic carbocycles. The molecule has 0 spiro atoms. The molecule has 3 heteroatoms. The summed E-state index contributed by atoms with van der Waals surface area (Å²) in [6.45, 7) is 11.4. The first-order valence-electron chi connectivity index (χ1n) is 8.29. The highest BCUT2D eigenvalue weighted by molar-refractivity contribution is 4.89. The zero-order valence-corrected chi connectivity index (χ0v) is 13.0. The summed E-state index contributed by atoms with van der Waals surface area (Å²) < 4.78 is 5.94. The Balaban J connectivity index is 1.90. The van der Waals surface area contributed by atoms with Crippen molar-refractivity contribution in [1.82, 2.24) is 10.2 Å². The zero-order chi connectivity index (χ0) is 13.7. The number of nitrogens with zero attached hydrogens (tertiary/aromatic N) is 1. The lowest BCUT2D eigenvalue weighted by molar-refractivity contribution is -0.0271. The third kappa shape index (κ3) is 4.44. The molecule has 0 saturated carbocycles. The first-order valence-corrected chi connectivity index (χ1v) is 8.29. The van der Waals surface area contributed by atoms with E-state index in [4.69, 9.17) is 4.74 Å². The lowest BCUT2D eigenvalue weighted by atomic mass is 9.96. The minimum Gasteiger partial charge on any atom is -0.377 e. The van der Waals surface area contributed by atoms with Gasteiger partial charge in [0.15, 0.2) is 0 Å². The zero-order valence-electron chi connectivity index (χ0n) is 13.0. The average molecular weight is 268 g/mol. The smallest absolute Gasteiger partial charge is 0.0702 e. The van der Waals surface area contributed by atoms with Gasteiger partial charge in [0.25, 0.3) is 0 Å². The van der Waals surface area contributed by atoms with E-state index in [1.54, 1.807) is 0 Å². The maximum absolute atomic E-state index is 5.94. The second-order valence-electron chi connectivity index (χ2n) is 6.65. The number of nitrogens with one attached hydrogen (secondary N) is 1. The van der Waals surface area contributed by atoms with E-state index in [2.05, 4.69) is 31.0 Å². The highest BCUT2D eigenvalue weighted by Crippen LogP contribution is 2.21. The van der Waals surface area contributed by atoms with Gasteiger partial charge >= 0.3 is 0 Å². The van der Waals surface area contributed by atoms with Crippen LogP contribution in [0.2, 0.25) is 0 Å². The summed E-state index contributed by atoms with van der Waals surface area (Å²) in [6, 6.07) is 1.36. The molecule has 3 unspecified atom stereocenters. The van der Waals surface area contributed by atoms with Gasteiger partial charge in [-0.1, -0.05) is 27.2 Å². The number of ether oxygens (including phenoxy) is 1. The Hall–Kier alpha value is -0.120. The Labute approximate surface area is 119 Å². The first-order chi connectivity index (χ1) is 9.20. The summed E-state index contributed by atoms with van der Waals surface area (Å²) in [7, 11) is 0. The van der Waals surface area contributed by atoms with Crippen molar-refractivity contribution in [2.24, 2.45) is 5.92 Å². The van der Waals surface area contributed by atoms with E-state index in [-0.39, 0.29) is 0 Å². The van der Waals surface area contributed by atoms with E-state index in [1.165, 1.54) is 38.6 Å². The Bertz CT molecular complexity index is 251. The largest absolute Gasteiger partial charge is 0.377 e. The molecule has 0 amide bonds. The molecule has 2 heterocycles. The van der Waals surface area contributed by atoms with Crippen molar-refractivity contribution >= 4 is 0 Å². The third-order valence-electron chi connectivity index (χ3n) is 4.66. The number of hydrogen-bond acceptors (Lipinski definition) is 3. The summed E-state index contributed by atoms with van der Waals surface area (Å²) in [4.78, 5) is 2.71. The molecule has 19 heavy (non-hydrogen) atoms. The number of hydrogen-bond donors (Lipinski definition) is 1. The van der Waals surface area contributed by atoms with Gasteiger partial charge in [-0.25, -0.2) is 0 Å². The van der Waals surface area contributed by atoms with E-state index >= 15 is 0 Å². The molecule has 112 valence electrons. The van der Waals surface area contributed by atoms with Crippen molar-refractivity contribution < 1.29 is 4.74 Å². The second-order valence-corrected chi connectivity index (χ2v) is 6.65. The summed E-state index contributed by atoms with van der Waals surface area (Å²) in [6.07, 6.45) is 6.92. The van der Waals surface area contributed by atoms with Crippen LogP contribution in [0.4, 0.5) is 0 Å². The Morgan fingerprint density at radius 1 is 1.32 bits per heavy atom. The van der Waals surface area contributed by atoms with Crippen LogP contribution in [-0.2, 0) is 4.74 Å². The summed E-state index contributed by atoms with van der Waals surface area (Å²) in [5, 5.41) is 3.74. The molecule has 2 fully saturated rings. The van der Waals surface area contributed by atoms with Crippen LogP contribution in [0, 0.1) is 5.92 Å². The van der Waals surface area contributed by atoms with Crippen LogP contribution in [0.5, 0.6) is 0 Å².